The number of alkyl halides is 2. The average Bonchev–Trinajstić information content (AvgIpc) is 2.40. The monoisotopic (exact) mass is 269 g/mol. The molecule has 0 bridgehead atoms. The second-order valence-corrected chi connectivity index (χ2v) is 4.91. The molecule has 0 aromatic heterocycles. The van der Waals surface area contributed by atoms with E-state index in [1.165, 1.54) is 6.92 Å². The predicted octanol–water partition coefficient (Wildman–Crippen LogP) is 3.30. The minimum Gasteiger partial charge on any atom is -0.445 e. The molecule has 1 aliphatic rings. The zero-order chi connectivity index (χ0) is 13.9. The van der Waals surface area contributed by atoms with Crippen molar-refractivity contribution >= 4 is 6.09 Å². The van der Waals surface area contributed by atoms with Gasteiger partial charge in [-0.1, -0.05) is 37.3 Å². The van der Waals surface area contributed by atoms with Crippen molar-refractivity contribution in [1.82, 2.24) is 4.90 Å². The summed E-state index contributed by atoms with van der Waals surface area (Å²) in [4.78, 5) is 12.8. The van der Waals surface area contributed by atoms with Gasteiger partial charge in [-0.05, 0) is 12.0 Å². The van der Waals surface area contributed by atoms with E-state index < -0.39 is 24.5 Å². The second kappa shape index (κ2) is 5.55. The van der Waals surface area contributed by atoms with E-state index in [1.54, 1.807) is 0 Å². The number of hydrogen-bond donors (Lipinski definition) is 0. The molecule has 104 valence electrons. The lowest BCUT2D eigenvalue weighted by Crippen LogP contribution is -2.50. The number of likely N-dealkylation sites (tertiary alicyclic amines) is 1. The molecule has 1 fully saturated rings. The first-order chi connectivity index (χ1) is 8.99. The lowest BCUT2D eigenvalue weighted by Gasteiger charge is -2.36. The largest absolute Gasteiger partial charge is 0.445 e. The quantitative estimate of drug-likeness (QED) is 0.824. The highest BCUT2D eigenvalue weighted by molar-refractivity contribution is 5.67. The van der Waals surface area contributed by atoms with E-state index in [4.69, 9.17) is 4.74 Å². The zero-order valence-electron chi connectivity index (χ0n) is 10.8. The maximum atomic E-state index is 13.5. The van der Waals surface area contributed by atoms with Crippen LogP contribution in [-0.2, 0) is 11.3 Å². The zero-order valence-corrected chi connectivity index (χ0v) is 10.8. The number of rotatable bonds is 2. The standard InChI is InChI=1S/C14H17F2NO2/c1-11-7-8-17(10-14(11,15)16)13(18)19-9-12-5-3-2-4-6-12/h2-6,11H,7-10H2,1H3. The number of carbonyl (C=O) groups excluding carboxylic acids is 1. The lowest BCUT2D eigenvalue weighted by atomic mass is 9.95. The van der Waals surface area contributed by atoms with Crippen LogP contribution in [-0.4, -0.2) is 30.0 Å². The summed E-state index contributed by atoms with van der Waals surface area (Å²) in [6.45, 7) is 1.39. The fourth-order valence-electron chi connectivity index (χ4n) is 2.02. The molecule has 1 atom stereocenters. The van der Waals surface area contributed by atoms with Gasteiger partial charge in [0.1, 0.15) is 6.61 Å². The molecule has 1 saturated heterocycles. The number of amides is 1. The van der Waals surface area contributed by atoms with Gasteiger partial charge in [0.25, 0.3) is 5.92 Å². The summed E-state index contributed by atoms with van der Waals surface area (Å²) in [5.74, 6) is -3.52. The molecule has 2 rings (SSSR count). The van der Waals surface area contributed by atoms with Gasteiger partial charge in [-0.2, -0.15) is 0 Å². The smallest absolute Gasteiger partial charge is 0.410 e. The molecule has 0 aliphatic carbocycles. The van der Waals surface area contributed by atoms with E-state index in [1.807, 2.05) is 30.3 Å². The summed E-state index contributed by atoms with van der Waals surface area (Å²) in [5, 5.41) is 0. The minimum absolute atomic E-state index is 0.108. The van der Waals surface area contributed by atoms with Gasteiger partial charge in [0.05, 0.1) is 6.54 Å². The minimum atomic E-state index is -2.83. The number of ether oxygens (including phenoxy) is 1. The molecule has 1 heterocycles. The van der Waals surface area contributed by atoms with Crippen molar-refractivity contribution in [2.24, 2.45) is 5.92 Å². The number of hydrogen-bond acceptors (Lipinski definition) is 2. The van der Waals surface area contributed by atoms with E-state index in [2.05, 4.69) is 0 Å². The van der Waals surface area contributed by atoms with Gasteiger partial charge in [0.15, 0.2) is 0 Å². The molecule has 1 aromatic rings. The van der Waals surface area contributed by atoms with Crippen molar-refractivity contribution in [3.63, 3.8) is 0 Å². The fourth-order valence-corrected chi connectivity index (χ4v) is 2.02. The Labute approximate surface area is 111 Å². The number of piperidine rings is 1. The molecule has 1 amide bonds. The third-order valence-corrected chi connectivity index (χ3v) is 3.42. The Kier molecular flexibility index (Phi) is 4.02. The van der Waals surface area contributed by atoms with Crippen LogP contribution in [0.1, 0.15) is 18.9 Å². The topological polar surface area (TPSA) is 29.5 Å². The van der Waals surface area contributed by atoms with E-state index in [0.29, 0.717) is 13.0 Å². The van der Waals surface area contributed by atoms with Crippen LogP contribution in [0.15, 0.2) is 30.3 Å². The summed E-state index contributed by atoms with van der Waals surface area (Å²) in [7, 11) is 0. The lowest BCUT2D eigenvalue weighted by molar-refractivity contribution is -0.0999. The molecule has 0 saturated carbocycles. The molecule has 5 heteroatoms. The molecule has 19 heavy (non-hydrogen) atoms. The number of halogens is 2. The maximum Gasteiger partial charge on any atom is 0.410 e. The van der Waals surface area contributed by atoms with Crippen LogP contribution in [0, 0.1) is 5.92 Å². The first-order valence-corrected chi connectivity index (χ1v) is 6.32. The van der Waals surface area contributed by atoms with Crippen molar-refractivity contribution in [3.8, 4) is 0 Å². The number of benzene rings is 1. The molecule has 1 unspecified atom stereocenters. The SMILES string of the molecule is CC1CCN(C(=O)OCc2ccccc2)CC1(F)F. The third-order valence-electron chi connectivity index (χ3n) is 3.42. The van der Waals surface area contributed by atoms with E-state index >= 15 is 0 Å². The van der Waals surface area contributed by atoms with Crippen molar-refractivity contribution in [2.45, 2.75) is 25.9 Å². The Bertz CT molecular complexity index is 436. The van der Waals surface area contributed by atoms with E-state index in [0.717, 1.165) is 10.5 Å². The second-order valence-electron chi connectivity index (χ2n) is 4.91. The van der Waals surface area contributed by atoms with Gasteiger partial charge < -0.3 is 9.64 Å². The van der Waals surface area contributed by atoms with Gasteiger partial charge in [-0.3, -0.25) is 0 Å². The van der Waals surface area contributed by atoms with Gasteiger partial charge in [0, 0.05) is 12.5 Å². The Hall–Kier alpha value is -1.65. The van der Waals surface area contributed by atoms with E-state index in [-0.39, 0.29) is 6.61 Å². The van der Waals surface area contributed by atoms with Crippen molar-refractivity contribution < 1.29 is 18.3 Å². The number of nitrogens with zero attached hydrogens (tertiary/aromatic N) is 1. The van der Waals surface area contributed by atoms with Crippen LogP contribution >= 0.6 is 0 Å². The maximum absolute atomic E-state index is 13.5. The molecular weight excluding hydrogens is 252 g/mol. The summed E-state index contributed by atoms with van der Waals surface area (Å²) in [5.41, 5.74) is 0.841. The molecule has 3 nitrogen and oxygen atoms in total. The normalized spacial score (nSPS) is 22.1. The van der Waals surface area contributed by atoms with Gasteiger partial charge in [-0.15, -0.1) is 0 Å². The molecule has 1 aromatic carbocycles. The van der Waals surface area contributed by atoms with Crippen LogP contribution in [0.2, 0.25) is 0 Å². The first-order valence-electron chi connectivity index (χ1n) is 6.32. The van der Waals surface area contributed by atoms with Crippen LogP contribution in [0.3, 0.4) is 0 Å². The molecule has 0 radical (unpaired) electrons. The van der Waals surface area contributed by atoms with Gasteiger partial charge in [0.2, 0.25) is 0 Å². The van der Waals surface area contributed by atoms with Gasteiger partial charge in [-0.25, -0.2) is 13.6 Å². The Morgan fingerprint density at radius 2 is 2.11 bits per heavy atom. The Balaban J connectivity index is 1.87. The van der Waals surface area contributed by atoms with Crippen LogP contribution in [0.5, 0.6) is 0 Å². The fraction of sp³-hybridized carbons (Fsp3) is 0.500. The summed E-state index contributed by atoms with van der Waals surface area (Å²) in [6, 6.07) is 9.16. The molecule has 0 N–H and O–H groups in total. The van der Waals surface area contributed by atoms with Crippen molar-refractivity contribution in [1.29, 1.82) is 0 Å². The van der Waals surface area contributed by atoms with Crippen molar-refractivity contribution in [3.05, 3.63) is 35.9 Å². The van der Waals surface area contributed by atoms with Gasteiger partial charge >= 0.3 is 6.09 Å². The van der Waals surface area contributed by atoms with Crippen LogP contribution < -0.4 is 0 Å². The van der Waals surface area contributed by atoms with E-state index in [9.17, 15) is 13.6 Å². The number of carbonyl (C=O) groups is 1. The van der Waals surface area contributed by atoms with Crippen LogP contribution in [0.25, 0.3) is 0 Å². The third kappa shape index (κ3) is 3.43. The average molecular weight is 269 g/mol. The summed E-state index contributed by atoms with van der Waals surface area (Å²) >= 11 is 0. The molecule has 0 spiro atoms. The first kappa shape index (κ1) is 13.8. The highest BCUT2D eigenvalue weighted by Crippen LogP contribution is 2.32. The Morgan fingerprint density at radius 3 is 2.74 bits per heavy atom. The Morgan fingerprint density at radius 1 is 1.42 bits per heavy atom. The van der Waals surface area contributed by atoms with Crippen LogP contribution in [0.4, 0.5) is 13.6 Å². The predicted molar refractivity (Wildman–Crippen MR) is 66.9 cm³/mol. The molecular formula is C14H17F2NO2. The summed E-state index contributed by atoms with van der Waals surface area (Å²) < 4.78 is 32.1. The summed E-state index contributed by atoms with van der Waals surface area (Å²) in [6.07, 6.45) is -0.372. The van der Waals surface area contributed by atoms with Crippen molar-refractivity contribution in [2.75, 3.05) is 13.1 Å². The molecule has 1 aliphatic heterocycles. The highest BCUT2D eigenvalue weighted by Gasteiger charge is 2.43. The highest BCUT2D eigenvalue weighted by atomic mass is 19.3.